The Kier molecular flexibility index (Phi) is 3.44. The number of ether oxygens (including phenoxy) is 1. The second-order valence-corrected chi connectivity index (χ2v) is 5.02. The van der Waals surface area contributed by atoms with Gasteiger partial charge in [-0.05, 0) is 36.8 Å². The number of halogens is 2. The number of alkyl halides is 1. The molecule has 3 aromatic rings. The van der Waals surface area contributed by atoms with Gasteiger partial charge in [0.05, 0.1) is 5.69 Å². The van der Waals surface area contributed by atoms with Crippen LogP contribution in [0.25, 0.3) is 5.65 Å². The molecule has 0 unspecified atom stereocenters. The molecule has 0 fully saturated rings. The molecule has 0 amide bonds. The largest absolute Gasteiger partial charge is 0.434 e. The molecule has 3 rings (SSSR count). The maximum Gasteiger partial charge on any atom is 0.242 e. The topological polar surface area (TPSA) is 26.5 Å². The zero-order chi connectivity index (χ0) is 14.1. The second-order valence-electron chi connectivity index (χ2n) is 4.46. The maximum absolute atomic E-state index is 13.8. The first-order valence-corrected chi connectivity index (χ1v) is 7.27. The average molecular weight is 335 g/mol. The lowest BCUT2D eigenvalue weighted by atomic mass is 10.2. The lowest BCUT2D eigenvalue weighted by Gasteiger charge is -2.06. The van der Waals surface area contributed by atoms with Crippen LogP contribution >= 0.6 is 15.9 Å². The zero-order valence-corrected chi connectivity index (χ0v) is 12.4. The highest BCUT2D eigenvalue weighted by atomic mass is 79.9. The molecule has 102 valence electrons. The minimum Gasteiger partial charge on any atom is -0.434 e. The second kappa shape index (κ2) is 5.25. The van der Waals surface area contributed by atoms with Crippen LogP contribution in [0.5, 0.6) is 11.6 Å². The zero-order valence-electron chi connectivity index (χ0n) is 10.8. The lowest BCUT2D eigenvalue weighted by molar-refractivity contribution is 0.426. The Morgan fingerprint density at radius 2 is 2.15 bits per heavy atom. The van der Waals surface area contributed by atoms with Crippen molar-refractivity contribution >= 4 is 21.6 Å². The minimum absolute atomic E-state index is 0.190. The van der Waals surface area contributed by atoms with Crippen molar-refractivity contribution in [2.24, 2.45) is 0 Å². The van der Waals surface area contributed by atoms with Crippen molar-refractivity contribution in [3.05, 3.63) is 59.7 Å². The highest BCUT2D eigenvalue weighted by Crippen LogP contribution is 2.29. The number of imidazole rings is 1. The predicted octanol–water partition coefficient (Wildman–Crippen LogP) is 4.47. The van der Waals surface area contributed by atoms with E-state index in [0.717, 1.165) is 16.9 Å². The third kappa shape index (κ3) is 2.29. The van der Waals surface area contributed by atoms with Crippen LogP contribution in [-0.2, 0) is 5.33 Å². The van der Waals surface area contributed by atoms with Crippen LogP contribution in [-0.4, -0.2) is 9.38 Å². The van der Waals surface area contributed by atoms with Gasteiger partial charge in [-0.25, -0.2) is 4.39 Å². The first kappa shape index (κ1) is 13.1. The normalized spacial score (nSPS) is 10.9. The molecule has 0 spiro atoms. The van der Waals surface area contributed by atoms with Crippen LogP contribution < -0.4 is 4.74 Å². The molecule has 1 aromatic carbocycles. The Morgan fingerprint density at radius 1 is 1.30 bits per heavy atom. The molecule has 0 aliphatic heterocycles. The first-order valence-electron chi connectivity index (χ1n) is 6.15. The number of rotatable bonds is 3. The highest BCUT2D eigenvalue weighted by molar-refractivity contribution is 9.08. The summed E-state index contributed by atoms with van der Waals surface area (Å²) in [5.74, 6) is 0.210. The summed E-state index contributed by atoms with van der Waals surface area (Å²) in [6, 6.07) is 10.5. The van der Waals surface area contributed by atoms with E-state index >= 15 is 0 Å². The summed E-state index contributed by atoms with van der Waals surface area (Å²) in [6.07, 6.45) is 1.90. The Morgan fingerprint density at radius 3 is 2.95 bits per heavy atom. The monoisotopic (exact) mass is 334 g/mol. The molecular weight excluding hydrogens is 323 g/mol. The van der Waals surface area contributed by atoms with E-state index in [-0.39, 0.29) is 5.75 Å². The van der Waals surface area contributed by atoms with Crippen LogP contribution in [0, 0.1) is 12.7 Å². The van der Waals surface area contributed by atoms with E-state index in [1.807, 2.05) is 35.7 Å². The molecule has 0 atom stereocenters. The van der Waals surface area contributed by atoms with E-state index < -0.39 is 5.82 Å². The molecule has 0 radical (unpaired) electrons. The van der Waals surface area contributed by atoms with Crippen molar-refractivity contribution in [2.75, 3.05) is 0 Å². The molecule has 0 saturated heterocycles. The predicted molar refractivity (Wildman–Crippen MR) is 79.0 cm³/mol. The summed E-state index contributed by atoms with van der Waals surface area (Å²) in [5.41, 5.74) is 2.55. The average Bonchev–Trinajstić information content (AvgIpc) is 2.80. The molecule has 5 heteroatoms. The van der Waals surface area contributed by atoms with Crippen LogP contribution in [0.4, 0.5) is 4.39 Å². The molecule has 0 aliphatic carbocycles. The fourth-order valence-corrected chi connectivity index (χ4v) is 2.53. The van der Waals surface area contributed by atoms with Gasteiger partial charge in [0.1, 0.15) is 5.65 Å². The van der Waals surface area contributed by atoms with Crippen molar-refractivity contribution in [1.82, 2.24) is 9.38 Å². The fourth-order valence-electron chi connectivity index (χ4n) is 2.02. The number of fused-ring (bicyclic) bond motifs is 1. The van der Waals surface area contributed by atoms with Gasteiger partial charge in [-0.2, -0.15) is 4.98 Å². The molecular formula is C15H12BrFN2O. The SMILES string of the molecule is Cc1ccc(F)c(Oc2nc3ccccn3c2CBr)c1. The minimum atomic E-state index is -0.395. The van der Waals surface area contributed by atoms with E-state index in [1.165, 1.54) is 6.07 Å². The summed E-state index contributed by atoms with van der Waals surface area (Å²) in [5, 5.41) is 0.570. The number of nitrogens with zero attached hydrogens (tertiary/aromatic N) is 2. The molecule has 2 aromatic heterocycles. The Labute approximate surface area is 124 Å². The third-order valence-corrected chi connectivity index (χ3v) is 3.54. The van der Waals surface area contributed by atoms with Crippen molar-refractivity contribution in [3.63, 3.8) is 0 Å². The van der Waals surface area contributed by atoms with Gasteiger partial charge < -0.3 is 4.74 Å². The first-order chi connectivity index (χ1) is 9.69. The highest BCUT2D eigenvalue weighted by Gasteiger charge is 2.14. The smallest absolute Gasteiger partial charge is 0.242 e. The van der Waals surface area contributed by atoms with Crippen LogP contribution in [0.3, 0.4) is 0 Å². The van der Waals surface area contributed by atoms with E-state index in [9.17, 15) is 4.39 Å². The number of aryl methyl sites for hydroxylation is 1. The van der Waals surface area contributed by atoms with Crippen molar-refractivity contribution < 1.29 is 9.13 Å². The van der Waals surface area contributed by atoms with Gasteiger partial charge in [-0.1, -0.05) is 28.1 Å². The van der Waals surface area contributed by atoms with Gasteiger partial charge in [0, 0.05) is 11.5 Å². The van der Waals surface area contributed by atoms with Gasteiger partial charge in [0.15, 0.2) is 11.6 Å². The van der Waals surface area contributed by atoms with Gasteiger partial charge in [0.2, 0.25) is 5.88 Å². The molecule has 0 N–H and O–H groups in total. The number of benzene rings is 1. The Hall–Kier alpha value is -1.88. The lowest BCUT2D eigenvalue weighted by Crippen LogP contribution is -1.94. The van der Waals surface area contributed by atoms with Gasteiger partial charge >= 0.3 is 0 Å². The molecule has 3 nitrogen and oxygen atoms in total. The Bertz CT molecular complexity index is 770. The van der Waals surface area contributed by atoms with Gasteiger partial charge in [-0.3, -0.25) is 4.40 Å². The molecule has 0 aliphatic rings. The standard InChI is InChI=1S/C15H12BrFN2O/c1-10-5-6-11(17)13(8-10)20-15-12(9-16)19-7-3-2-4-14(19)18-15/h2-8H,9H2,1H3. The van der Waals surface area contributed by atoms with Gasteiger partial charge in [-0.15, -0.1) is 0 Å². The van der Waals surface area contributed by atoms with E-state index in [0.29, 0.717) is 11.2 Å². The van der Waals surface area contributed by atoms with Crippen LogP contribution in [0.2, 0.25) is 0 Å². The van der Waals surface area contributed by atoms with Gasteiger partial charge in [0.25, 0.3) is 0 Å². The maximum atomic E-state index is 13.8. The van der Waals surface area contributed by atoms with Crippen LogP contribution in [0.15, 0.2) is 42.6 Å². The number of aromatic nitrogens is 2. The fraction of sp³-hybridized carbons (Fsp3) is 0.133. The quantitative estimate of drug-likeness (QED) is 0.660. The summed E-state index contributed by atoms with van der Waals surface area (Å²) in [7, 11) is 0. The number of pyridine rings is 1. The number of hydrogen-bond donors (Lipinski definition) is 0. The molecule has 0 bridgehead atoms. The molecule has 0 saturated carbocycles. The van der Waals surface area contributed by atoms with Crippen molar-refractivity contribution in [3.8, 4) is 11.6 Å². The van der Waals surface area contributed by atoms with E-state index in [4.69, 9.17) is 4.74 Å². The van der Waals surface area contributed by atoms with Crippen LogP contribution in [0.1, 0.15) is 11.3 Å². The Balaban J connectivity index is 2.08. The molecule has 2 heterocycles. The molecule has 20 heavy (non-hydrogen) atoms. The summed E-state index contributed by atoms with van der Waals surface area (Å²) in [4.78, 5) is 4.39. The van der Waals surface area contributed by atoms with E-state index in [1.54, 1.807) is 12.1 Å². The number of hydrogen-bond acceptors (Lipinski definition) is 2. The van der Waals surface area contributed by atoms with Crippen molar-refractivity contribution in [2.45, 2.75) is 12.3 Å². The summed E-state index contributed by atoms with van der Waals surface area (Å²) in [6.45, 7) is 1.89. The third-order valence-electron chi connectivity index (χ3n) is 3.01. The summed E-state index contributed by atoms with van der Waals surface area (Å²) >= 11 is 3.42. The van der Waals surface area contributed by atoms with Crippen molar-refractivity contribution in [1.29, 1.82) is 0 Å². The van der Waals surface area contributed by atoms with E-state index in [2.05, 4.69) is 20.9 Å². The summed E-state index contributed by atoms with van der Waals surface area (Å²) < 4.78 is 21.3.